The summed E-state index contributed by atoms with van der Waals surface area (Å²) in [5.74, 6) is 1.29. The molecule has 0 amide bonds. The van der Waals surface area contributed by atoms with E-state index in [1.807, 2.05) is 18.2 Å². The monoisotopic (exact) mass is 499 g/mol. The number of nitrogens with one attached hydrogen (secondary N) is 2. The van der Waals surface area contributed by atoms with Gasteiger partial charge in [0.15, 0.2) is 0 Å². The molecule has 0 unspecified atom stereocenters. The first-order valence-corrected chi connectivity index (χ1v) is 12.7. The van der Waals surface area contributed by atoms with Crippen LogP contribution < -0.4 is 15.4 Å². The minimum atomic E-state index is -0.528. The molecule has 0 spiro atoms. The Hall–Kier alpha value is -2.44. The van der Waals surface area contributed by atoms with Crippen molar-refractivity contribution in [1.82, 2.24) is 15.3 Å². The summed E-state index contributed by atoms with van der Waals surface area (Å²) >= 11 is 6.52. The molecule has 0 atom stereocenters. The van der Waals surface area contributed by atoms with E-state index in [1.54, 1.807) is 19.5 Å². The van der Waals surface area contributed by atoms with Gasteiger partial charge in [-0.2, -0.15) is 5.26 Å². The van der Waals surface area contributed by atoms with Gasteiger partial charge < -0.3 is 24.8 Å². The average molecular weight is 500 g/mol. The van der Waals surface area contributed by atoms with Crippen molar-refractivity contribution in [3.8, 4) is 23.1 Å². The minimum Gasteiger partial charge on any atom is -0.476 e. The molecular formula is C26H34ClN5O3. The lowest BCUT2D eigenvalue weighted by molar-refractivity contribution is 0.0183. The van der Waals surface area contributed by atoms with Gasteiger partial charge in [0.1, 0.15) is 12.4 Å². The third-order valence-electron chi connectivity index (χ3n) is 6.90. The van der Waals surface area contributed by atoms with E-state index in [-0.39, 0.29) is 0 Å². The summed E-state index contributed by atoms with van der Waals surface area (Å²) in [6, 6.07) is 9.12. The molecule has 2 aromatic heterocycles. The molecule has 188 valence electrons. The Morgan fingerprint density at radius 3 is 2.69 bits per heavy atom. The Labute approximate surface area is 212 Å². The lowest BCUT2D eigenvalue weighted by Gasteiger charge is -2.30. The zero-order valence-corrected chi connectivity index (χ0v) is 21.0. The fraction of sp³-hybridized carbons (Fsp3) is 0.577. The molecule has 8 nitrogen and oxygen atoms in total. The van der Waals surface area contributed by atoms with E-state index >= 15 is 0 Å². The SMILES string of the molecule is COCCNC1CCC(Nc2cc(-c3ccnc(OCC4(C#N)CCOCC4)c3)c(Cl)cn2)CC1. The van der Waals surface area contributed by atoms with Crippen LogP contribution in [0, 0.1) is 16.7 Å². The fourth-order valence-electron chi connectivity index (χ4n) is 4.67. The van der Waals surface area contributed by atoms with Crippen LogP contribution >= 0.6 is 11.6 Å². The summed E-state index contributed by atoms with van der Waals surface area (Å²) in [5.41, 5.74) is 1.24. The Bertz CT molecular complexity index is 1000. The van der Waals surface area contributed by atoms with Crippen LogP contribution in [-0.4, -0.2) is 62.1 Å². The molecule has 2 aromatic rings. The maximum absolute atomic E-state index is 9.67. The normalized spacial score (nSPS) is 21.7. The molecular weight excluding hydrogens is 466 g/mol. The molecule has 0 radical (unpaired) electrons. The van der Waals surface area contributed by atoms with E-state index in [1.165, 1.54) is 0 Å². The number of nitriles is 1. The standard InChI is InChI=1S/C26H34ClN5O3/c1-33-13-10-29-20-2-4-21(5-3-20)32-24-15-22(23(27)16-31-24)19-6-9-30-25(14-19)35-18-26(17-28)7-11-34-12-8-26/h6,9,14-16,20-21,29H,2-5,7-8,10-13,18H2,1H3,(H,31,32). The predicted octanol–water partition coefficient (Wildman–Crippen LogP) is 4.46. The number of ether oxygens (including phenoxy) is 3. The van der Waals surface area contributed by atoms with Gasteiger partial charge in [-0.1, -0.05) is 11.6 Å². The highest BCUT2D eigenvalue weighted by atomic mass is 35.5. The molecule has 1 aliphatic heterocycles. The molecule has 2 N–H and O–H groups in total. The highest BCUT2D eigenvalue weighted by Crippen LogP contribution is 2.33. The predicted molar refractivity (Wildman–Crippen MR) is 136 cm³/mol. The lowest BCUT2D eigenvalue weighted by Crippen LogP contribution is -2.38. The molecule has 1 aliphatic carbocycles. The number of halogens is 1. The summed E-state index contributed by atoms with van der Waals surface area (Å²) < 4.78 is 16.5. The van der Waals surface area contributed by atoms with Crippen molar-refractivity contribution >= 4 is 17.4 Å². The third kappa shape index (κ3) is 7.05. The van der Waals surface area contributed by atoms with Crippen molar-refractivity contribution < 1.29 is 14.2 Å². The highest BCUT2D eigenvalue weighted by molar-refractivity contribution is 6.33. The zero-order valence-electron chi connectivity index (χ0n) is 20.3. The number of pyridine rings is 2. The number of aromatic nitrogens is 2. The Morgan fingerprint density at radius 1 is 1.17 bits per heavy atom. The van der Waals surface area contributed by atoms with E-state index in [0.29, 0.717) is 55.6 Å². The molecule has 0 bridgehead atoms. The Balaban J connectivity index is 1.38. The summed E-state index contributed by atoms with van der Waals surface area (Å²) in [7, 11) is 1.73. The first-order valence-electron chi connectivity index (χ1n) is 12.3. The van der Waals surface area contributed by atoms with Crippen LogP contribution in [0.4, 0.5) is 5.82 Å². The second-order valence-corrected chi connectivity index (χ2v) is 9.77. The minimum absolute atomic E-state index is 0.295. The van der Waals surface area contributed by atoms with E-state index in [9.17, 15) is 5.26 Å². The molecule has 1 saturated carbocycles. The van der Waals surface area contributed by atoms with Gasteiger partial charge in [-0.05, 0) is 56.2 Å². The number of rotatable bonds is 10. The molecule has 3 heterocycles. The van der Waals surface area contributed by atoms with Crippen LogP contribution in [0.2, 0.25) is 5.02 Å². The van der Waals surface area contributed by atoms with Gasteiger partial charge in [0.05, 0.1) is 23.1 Å². The lowest BCUT2D eigenvalue weighted by atomic mass is 9.83. The maximum Gasteiger partial charge on any atom is 0.213 e. The second kappa shape index (κ2) is 12.5. The number of methoxy groups -OCH3 is 1. The second-order valence-electron chi connectivity index (χ2n) is 9.37. The molecule has 1 saturated heterocycles. The molecule has 2 aliphatic rings. The zero-order chi connectivity index (χ0) is 24.5. The van der Waals surface area contributed by atoms with Crippen molar-refractivity contribution in [3.63, 3.8) is 0 Å². The van der Waals surface area contributed by atoms with Crippen molar-refractivity contribution in [2.75, 3.05) is 45.4 Å². The summed E-state index contributed by atoms with van der Waals surface area (Å²) in [5, 5.41) is 17.4. The van der Waals surface area contributed by atoms with E-state index in [2.05, 4.69) is 26.7 Å². The maximum atomic E-state index is 9.67. The van der Waals surface area contributed by atoms with Gasteiger partial charge in [-0.25, -0.2) is 9.97 Å². The van der Waals surface area contributed by atoms with E-state index in [4.69, 9.17) is 25.8 Å². The van der Waals surface area contributed by atoms with Crippen molar-refractivity contribution in [2.45, 2.75) is 50.6 Å². The third-order valence-corrected chi connectivity index (χ3v) is 7.20. The van der Waals surface area contributed by atoms with Crippen LogP contribution in [0.1, 0.15) is 38.5 Å². The van der Waals surface area contributed by atoms with Gasteiger partial charge in [0.2, 0.25) is 5.88 Å². The Morgan fingerprint density at radius 2 is 1.94 bits per heavy atom. The first kappa shape index (κ1) is 25.6. The average Bonchev–Trinajstić information content (AvgIpc) is 2.90. The van der Waals surface area contributed by atoms with Gasteiger partial charge >= 0.3 is 0 Å². The number of hydrogen-bond acceptors (Lipinski definition) is 8. The van der Waals surface area contributed by atoms with E-state index < -0.39 is 5.41 Å². The van der Waals surface area contributed by atoms with Crippen LogP contribution in [0.15, 0.2) is 30.6 Å². The molecule has 2 fully saturated rings. The number of nitrogens with zero attached hydrogens (tertiary/aromatic N) is 3. The van der Waals surface area contributed by atoms with Crippen molar-refractivity contribution in [3.05, 3.63) is 35.6 Å². The topological polar surface area (TPSA) is 101 Å². The quantitative estimate of drug-likeness (QED) is 0.462. The summed E-state index contributed by atoms with van der Waals surface area (Å²) in [4.78, 5) is 8.85. The number of hydrogen-bond donors (Lipinski definition) is 2. The van der Waals surface area contributed by atoms with Gasteiger partial charge in [0, 0.05) is 63.0 Å². The summed E-state index contributed by atoms with van der Waals surface area (Å²) in [6.07, 6.45) is 9.15. The van der Waals surface area contributed by atoms with Crippen LogP contribution in [-0.2, 0) is 9.47 Å². The van der Waals surface area contributed by atoms with Crippen LogP contribution in [0.3, 0.4) is 0 Å². The first-order chi connectivity index (χ1) is 17.1. The largest absolute Gasteiger partial charge is 0.476 e. The van der Waals surface area contributed by atoms with E-state index in [0.717, 1.165) is 55.8 Å². The van der Waals surface area contributed by atoms with Gasteiger partial charge in [-0.15, -0.1) is 0 Å². The van der Waals surface area contributed by atoms with Crippen molar-refractivity contribution in [2.24, 2.45) is 5.41 Å². The summed E-state index contributed by atoms with van der Waals surface area (Å²) in [6.45, 7) is 3.09. The fourth-order valence-corrected chi connectivity index (χ4v) is 4.89. The van der Waals surface area contributed by atoms with Gasteiger partial charge in [-0.3, -0.25) is 0 Å². The number of anilines is 1. The molecule has 35 heavy (non-hydrogen) atoms. The smallest absolute Gasteiger partial charge is 0.213 e. The van der Waals surface area contributed by atoms with Gasteiger partial charge in [0.25, 0.3) is 0 Å². The van der Waals surface area contributed by atoms with Crippen molar-refractivity contribution in [1.29, 1.82) is 5.26 Å². The molecule has 4 rings (SSSR count). The van der Waals surface area contributed by atoms with Crippen LogP contribution in [0.25, 0.3) is 11.1 Å². The highest BCUT2D eigenvalue weighted by Gasteiger charge is 2.34. The molecule has 0 aromatic carbocycles. The van der Waals surface area contributed by atoms with Crippen LogP contribution in [0.5, 0.6) is 5.88 Å². The Kier molecular flexibility index (Phi) is 9.16. The molecule has 9 heteroatoms.